The molecule has 1 aromatic rings. The molecule has 0 bridgehead atoms. The van der Waals surface area contributed by atoms with Gasteiger partial charge in [-0.2, -0.15) is 0 Å². The number of amides is 1. The summed E-state index contributed by atoms with van der Waals surface area (Å²) in [5.74, 6) is 0.617. The number of carbonyl (C=O) groups is 1. The van der Waals surface area contributed by atoms with E-state index in [1.165, 1.54) is 0 Å². The van der Waals surface area contributed by atoms with Gasteiger partial charge in [0.2, 0.25) is 5.95 Å². The van der Waals surface area contributed by atoms with Crippen molar-refractivity contribution in [1.29, 1.82) is 0 Å². The Morgan fingerprint density at radius 1 is 1.37 bits per heavy atom. The van der Waals surface area contributed by atoms with Crippen LogP contribution in [0.15, 0.2) is 17.5 Å². The lowest BCUT2D eigenvalue weighted by Gasteiger charge is -2.34. The van der Waals surface area contributed by atoms with Crippen molar-refractivity contribution >= 4 is 31.1 Å². The molecule has 3 rings (SSSR count). The molecular weight excluding hydrogens is 349 g/mol. The third-order valence-electron chi connectivity index (χ3n) is 3.93. The molecule has 2 aliphatic rings. The van der Waals surface area contributed by atoms with E-state index >= 15 is 0 Å². The van der Waals surface area contributed by atoms with Gasteiger partial charge in [-0.1, -0.05) is 10.6 Å². The molecule has 2 saturated heterocycles. The number of hydrogen-bond donors (Lipinski definition) is 0. The van der Waals surface area contributed by atoms with Crippen LogP contribution in [0, 0.1) is 0 Å². The first-order valence-corrected chi connectivity index (χ1v) is 8.90. The molecule has 2 aliphatic heterocycles. The average Bonchev–Trinajstić information content (AvgIpc) is 2.57. The molecule has 1 amide bonds. The molecule has 1 aromatic heterocycles. The van der Waals surface area contributed by atoms with Crippen LogP contribution >= 0.6 is 0 Å². The summed E-state index contributed by atoms with van der Waals surface area (Å²) < 4.78 is 11.0. The van der Waals surface area contributed by atoms with Crippen molar-refractivity contribution < 1.29 is 19.1 Å². The van der Waals surface area contributed by atoms with Gasteiger partial charge in [0.1, 0.15) is 26.2 Å². The van der Waals surface area contributed by atoms with E-state index in [1.54, 1.807) is 17.3 Å². The van der Waals surface area contributed by atoms with Crippen molar-refractivity contribution in [3.63, 3.8) is 0 Å². The number of aromatic nitrogens is 2. The average molecular weight is 373 g/mol. The maximum atomic E-state index is 12.1. The molecular formula is C17H24BN5O4. The smallest absolute Gasteiger partial charge is 0.410 e. The van der Waals surface area contributed by atoms with Crippen LogP contribution in [-0.4, -0.2) is 85.6 Å². The summed E-state index contributed by atoms with van der Waals surface area (Å²) in [7, 11) is 5.58. The highest BCUT2D eigenvalue weighted by Crippen LogP contribution is 2.15. The molecule has 27 heavy (non-hydrogen) atoms. The number of morpholine rings is 1. The Balaban J connectivity index is 1.40. The summed E-state index contributed by atoms with van der Waals surface area (Å²) in [6.45, 7) is 8.42. The zero-order valence-corrected chi connectivity index (χ0v) is 15.9. The van der Waals surface area contributed by atoms with Crippen LogP contribution in [-0.2, 0) is 14.3 Å². The third-order valence-corrected chi connectivity index (χ3v) is 3.93. The summed E-state index contributed by atoms with van der Waals surface area (Å²) in [6.07, 6.45) is 2.59. The second-order valence-electron chi connectivity index (χ2n) is 7.54. The van der Waals surface area contributed by atoms with E-state index in [1.807, 2.05) is 25.7 Å². The fourth-order valence-electron chi connectivity index (χ4n) is 2.61. The van der Waals surface area contributed by atoms with Crippen molar-refractivity contribution in [2.75, 3.05) is 44.3 Å². The quantitative estimate of drug-likeness (QED) is 0.546. The minimum Gasteiger partial charge on any atom is -0.444 e. The van der Waals surface area contributed by atoms with Gasteiger partial charge in [-0.25, -0.2) is 14.8 Å². The molecule has 10 heteroatoms. The number of oxime groups is 1. The Bertz CT molecular complexity index is 684. The molecule has 1 atom stereocenters. The lowest BCUT2D eigenvalue weighted by atomic mass is 10.0. The number of ether oxygens (including phenoxy) is 2. The van der Waals surface area contributed by atoms with E-state index in [0.717, 1.165) is 5.71 Å². The van der Waals surface area contributed by atoms with Crippen LogP contribution in [0.3, 0.4) is 0 Å². The first kappa shape index (κ1) is 19.4. The molecule has 9 nitrogen and oxygen atoms in total. The first-order valence-electron chi connectivity index (χ1n) is 8.90. The van der Waals surface area contributed by atoms with Crippen molar-refractivity contribution in [3.05, 3.63) is 12.4 Å². The predicted octanol–water partition coefficient (Wildman–Crippen LogP) is 0.0989. The van der Waals surface area contributed by atoms with Crippen LogP contribution in [0.25, 0.3) is 0 Å². The Hall–Kier alpha value is -2.36. The van der Waals surface area contributed by atoms with E-state index in [9.17, 15) is 4.79 Å². The molecule has 0 aliphatic carbocycles. The van der Waals surface area contributed by atoms with Gasteiger partial charge in [0.25, 0.3) is 0 Å². The number of hydrogen-bond acceptors (Lipinski definition) is 8. The number of rotatable bonds is 4. The monoisotopic (exact) mass is 373 g/mol. The molecule has 0 aromatic carbocycles. The fourth-order valence-corrected chi connectivity index (χ4v) is 2.61. The zero-order valence-electron chi connectivity index (χ0n) is 15.9. The van der Waals surface area contributed by atoms with Gasteiger partial charge in [-0.15, -0.1) is 0 Å². The van der Waals surface area contributed by atoms with Gasteiger partial charge in [-0.05, 0) is 20.8 Å². The maximum absolute atomic E-state index is 12.1. The van der Waals surface area contributed by atoms with Gasteiger partial charge in [-0.3, -0.25) is 0 Å². The highest BCUT2D eigenvalue weighted by molar-refractivity contribution is 6.31. The van der Waals surface area contributed by atoms with Crippen LogP contribution in [0.2, 0.25) is 0 Å². The Morgan fingerprint density at radius 3 is 2.74 bits per heavy atom. The highest BCUT2D eigenvalue weighted by atomic mass is 16.6. The van der Waals surface area contributed by atoms with E-state index in [2.05, 4.69) is 15.1 Å². The minimum absolute atomic E-state index is 0.229. The van der Waals surface area contributed by atoms with E-state index in [0.29, 0.717) is 44.2 Å². The van der Waals surface area contributed by atoms with Crippen molar-refractivity contribution in [2.24, 2.45) is 5.16 Å². The van der Waals surface area contributed by atoms with E-state index in [-0.39, 0.29) is 18.8 Å². The van der Waals surface area contributed by atoms with Crippen LogP contribution in [0.1, 0.15) is 20.8 Å². The molecule has 3 heterocycles. The van der Waals surface area contributed by atoms with Crippen molar-refractivity contribution in [1.82, 2.24) is 14.9 Å². The summed E-state index contributed by atoms with van der Waals surface area (Å²) in [5, 5.41) is 4.13. The number of carbonyl (C=O) groups excluding carboxylic acids is 1. The topological polar surface area (TPSA) is 89.4 Å². The largest absolute Gasteiger partial charge is 0.444 e. The van der Waals surface area contributed by atoms with E-state index < -0.39 is 5.60 Å². The van der Waals surface area contributed by atoms with E-state index in [4.69, 9.17) is 22.2 Å². The lowest BCUT2D eigenvalue weighted by molar-refractivity contribution is -0.0721. The zero-order chi connectivity index (χ0) is 19.4. The van der Waals surface area contributed by atoms with Crippen LogP contribution < -0.4 is 10.4 Å². The summed E-state index contributed by atoms with van der Waals surface area (Å²) in [5.41, 5.74) is 0.914. The van der Waals surface area contributed by atoms with Gasteiger partial charge in [0, 0.05) is 18.9 Å². The Labute approximate surface area is 160 Å². The Kier molecular flexibility index (Phi) is 5.84. The molecule has 0 spiro atoms. The summed E-state index contributed by atoms with van der Waals surface area (Å²) in [4.78, 5) is 29.5. The summed E-state index contributed by atoms with van der Waals surface area (Å²) in [6, 6.07) is 0. The molecule has 144 valence electrons. The van der Waals surface area contributed by atoms with Crippen molar-refractivity contribution in [3.8, 4) is 0 Å². The molecule has 0 saturated carbocycles. The molecule has 1 unspecified atom stereocenters. The Morgan fingerprint density at radius 2 is 2.07 bits per heavy atom. The van der Waals surface area contributed by atoms with Gasteiger partial charge in [0.05, 0.1) is 32.0 Å². The molecule has 2 fully saturated rings. The van der Waals surface area contributed by atoms with Crippen LogP contribution in [0.5, 0.6) is 0 Å². The van der Waals surface area contributed by atoms with Crippen molar-refractivity contribution in [2.45, 2.75) is 32.5 Å². The van der Waals surface area contributed by atoms with Crippen LogP contribution in [0.4, 0.5) is 10.7 Å². The standard InChI is InChI=1S/C17H24BN5O4/c1-17(2,3)27-16(24)22-4-5-25-14(10-22)11-26-21-13-8-23(9-13)15-19-6-12(18)7-20-15/h6-7,14H,4-5,8-11H2,1-3H3. The third kappa shape index (κ3) is 5.56. The number of anilines is 1. The fraction of sp³-hybridized carbons (Fsp3) is 0.647. The number of nitrogens with zero attached hydrogens (tertiary/aromatic N) is 5. The lowest BCUT2D eigenvalue weighted by Crippen LogP contribution is -2.49. The molecule has 2 radical (unpaired) electrons. The maximum Gasteiger partial charge on any atom is 0.410 e. The second-order valence-corrected chi connectivity index (χ2v) is 7.54. The van der Waals surface area contributed by atoms with Gasteiger partial charge in [0.15, 0.2) is 0 Å². The SMILES string of the molecule is [B]c1cnc(N2CC(=NOCC3CN(C(=O)OC(C)(C)C)CCO3)C2)nc1. The summed E-state index contributed by atoms with van der Waals surface area (Å²) >= 11 is 0. The second kappa shape index (κ2) is 8.12. The van der Waals surface area contributed by atoms with Gasteiger partial charge >= 0.3 is 6.09 Å². The first-order chi connectivity index (χ1) is 12.8. The predicted molar refractivity (Wildman–Crippen MR) is 101 cm³/mol. The highest BCUT2D eigenvalue weighted by Gasteiger charge is 2.29. The molecule has 0 N–H and O–H groups in total. The minimum atomic E-state index is -0.516. The van der Waals surface area contributed by atoms with Gasteiger partial charge < -0.3 is 24.1 Å². The normalized spacial score (nSPS) is 20.1.